The molecule has 3 rings (SSSR count). The van der Waals surface area contributed by atoms with Gasteiger partial charge in [-0.05, 0) is 38.1 Å². The molecule has 0 N–H and O–H groups in total. The predicted octanol–water partition coefficient (Wildman–Crippen LogP) is 1.64. The maximum absolute atomic E-state index is 12.5. The van der Waals surface area contributed by atoms with Crippen LogP contribution in [0.3, 0.4) is 0 Å². The number of amides is 1. The van der Waals surface area contributed by atoms with Gasteiger partial charge in [-0.2, -0.15) is 0 Å². The van der Waals surface area contributed by atoms with Crippen molar-refractivity contribution in [1.82, 2.24) is 4.90 Å². The standard InChI is InChI=1S/C17H23N3O5/c1-18(14-2-4-15(5-3-14)20(22)23)16(21)12-19-8-6-13(7-9-19)17-24-10-11-25-17/h2-5,13,17H,6-12H2,1H3. The van der Waals surface area contributed by atoms with Gasteiger partial charge in [0.25, 0.3) is 5.69 Å². The van der Waals surface area contributed by atoms with Crippen molar-refractivity contribution in [2.24, 2.45) is 5.92 Å². The minimum atomic E-state index is -0.451. The summed E-state index contributed by atoms with van der Waals surface area (Å²) in [5.74, 6) is 0.377. The maximum Gasteiger partial charge on any atom is 0.269 e. The molecule has 0 unspecified atom stereocenters. The molecule has 2 fully saturated rings. The molecule has 136 valence electrons. The summed E-state index contributed by atoms with van der Waals surface area (Å²) in [6.07, 6.45) is 1.83. The Hall–Kier alpha value is -2.03. The number of nitro groups is 1. The molecule has 0 atom stereocenters. The van der Waals surface area contributed by atoms with Gasteiger partial charge in [0.2, 0.25) is 5.91 Å². The van der Waals surface area contributed by atoms with E-state index < -0.39 is 4.92 Å². The summed E-state index contributed by atoms with van der Waals surface area (Å²) in [5, 5.41) is 10.7. The lowest BCUT2D eigenvalue weighted by molar-refractivity contribution is -0.384. The summed E-state index contributed by atoms with van der Waals surface area (Å²) in [6, 6.07) is 6.01. The number of hydrogen-bond donors (Lipinski definition) is 0. The first-order chi connectivity index (χ1) is 12.0. The average molecular weight is 349 g/mol. The number of nitro benzene ring substituents is 1. The normalized spacial score (nSPS) is 19.9. The van der Waals surface area contributed by atoms with Gasteiger partial charge in [0, 0.05) is 30.8 Å². The molecule has 1 amide bonds. The Kier molecular flexibility index (Phi) is 5.62. The molecule has 0 radical (unpaired) electrons. The molecular weight excluding hydrogens is 326 g/mol. The summed E-state index contributed by atoms with van der Waals surface area (Å²) in [7, 11) is 1.69. The molecule has 1 aromatic rings. The van der Waals surface area contributed by atoms with Crippen molar-refractivity contribution >= 4 is 17.3 Å². The molecule has 0 bridgehead atoms. The smallest absolute Gasteiger partial charge is 0.269 e. The van der Waals surface area contributed by atoms with E-state index in [9.17, 15) is 14.9 Å². The molecule has 0 saturated carbocycles. The second-order valence-electron chi connectivity index (χ2n) is 6.45. The van der Waals surface area contributed by atoms with Crippen LogP contribution in [0.15, 0.2) is 24.3 Å². The van der Waals surface area contributed by atoms with E-state index in [4.69, 9.17) is 9.47 Å². The van der Waals surface area contributed by atoms with Crippen molar-refractivity contribution in [3.8, 4) is 0 Å². The van der Waals surface area contributed by atoms with E-state index >= 15 is 0 Å². The molecule has 0 spiro atoms. The van der Waals surface area contributed by atoms with Crippen LogP contribution in [-0.2, 0) is 14.3 Å². The van der Waals surface area contributed by atoms with Gasteiger partial charge >= 0.3 is 0 Å². The number of rotatable bonds is 5. The van der Waals surface area contributed by atoms with E-state index in [1.54, 1.807) is 24.1 Å². The van der Waals surface area contributed by atoms with Crippen LogP contribution >= 0.6 is 0 Å². The zero-order chi connectivity index (χ0) is 17.8. The number of anilines is 1. The van der Waals surface area contributed by atoms with Gasteiger partial charge in [-0.1, -0.05) is 0 Å². The minimum Gasteiger partial charge on any atom is -0.350 e. The van der Waals surface area contributed by atoms with Crippen LogP contribution in [0.5, 0.6) is 0 Å². The monoisotopic (exact) mass is 349 g/mol. The highest BCUT2D eigenvalue weighted by atomic mass is 16.7. The van der Waals surface area contributed by atoms with Crippen molar-refractivity contribution < 1.29 is 19.2 Å². The second-order valence-corrected chi connectivity index (χ2v) is 6.45. The maximum atomic E-state index is 12.5. The van der Waals surface area contributed by atoms with Gasteiger partial charge < -0.3 is 14.4 Å². The van der Waals surface area contributed by atoms with Crippen LogP contribution in [0.4, 0.5) is 11.4 Å². The SMILES string of the molecule is CN(C(=O)CN1CCC(C2OCCO2)CC1)c1ccc([N+](=O)[O-])cc1. The lowest BCUT2D eigenvalue weighted by Gasteiger charge is -2.34. The van der Waals surface area contributed by atoms with Crippen LogP contribution in [0.25, 0.3) is 0 Å². The molecular formula is C17H23N3O5. The van der Waals surface area contributed by atoms with Crippen LogP contribution in [0, 0.1) is 16.0 Å². The van der Waals surface area contributed by atoms with Crippen LogP contribution in [0.2, 0.25) is 0 Å². The van der Waals surface area contributed by atoms with Gasteiger partial charge in [-0.25, -0.2) is 0 Å². The summed E-state index contributed by atoms with van der Waals surface area (Å²) in [4.78, 5) is 26.4. The lowest BCUT2D eigenvalue weighted by atomic mass is 9.96. The Labute approximate surface area is 146 Å². The fraction of sp³-hybridized carbons (Fsp3) is 0.588. The molecule has 2 aliphatic rings. The number of ether oxygens (including phenoxy) is 2. The highest BCUT2D eigenvalue weighted by Crippen LogP contribution is 2.26. The Morgan fingerprint density at radius 3 is 2.40 bits per heavy atom. The molecule has 2 aliphatic heterocycles. The third-order valence-electron chi connectivity index (χ3n) is 4.85. The van der Waals surface area contributed by atoms with E-state index in [1.807, 2.05) is 0 Å². The Morgan fingerprint density at radius 1 is 1.24 bits per heavy atom. The van der Waals surface area contributed by atoms with Crippen LogP contribution in [-0.4, -0.2) is 61.9 Å². The molecule has 2 heterocycles. The molecule has 25 heavy (non-hydrogen) atoms. The van der Waals surface area contributed by atoms with Gasteiger partial charge in [-0.15, -0.1) is 0 Å². The third-order valence-corrected chi connectivity index (χ3v) is 4.85. The average Bonchev–Trinajstić information content (AvgIpc) is 3.16. The summed E-state index contributed by atoms with van der Waals surface area (Å²) >= 11 is 0. The van der Waals surface area contributed by atoms with Gasteiger partial charge in [0.1, 0.15) is 0 Å². The Morgan fingerprint density at radius 2 is 1.84 bits per heavy atom. The second kappa shape index (κ2) is 7.90. The van der Waals surface area contributed by atoms with E-state index in [2.05, 4.69) is 4.90 Å². The van der Waals surface area contributed by atoms with Gasteiger partial charge in [0.05, 0.1) is 24.7 Å². The minimum absolute atomic E-state index is 0.0167. The number of likely N-dealkylation sites (tertiary alicyclic amines) is 1. The van der Waals surface area contributed by atoms with Crippen molar-refractivity contribution in [3.05, 3.63) is 34.4 Å². The summed E-state index contributed by atoms with van der Waals surface area (Å²) in [6.45, 7) is 3.36. The first-order valence-electron chi connectivity index (χ1n) is 8.51. The van der Waals surface area contributed by atoms with Crippen molar-refractivity contribution in [1.29, 1.82) is 0 Å². The Balaban J connectivity index is 1.49. The number of hydrogen-bond acceptors (Lipinski definition) is 6. The number of benzene rings is 1. The topological polar surface area (TPSA) is 85.2 Å². The highest BCUT2D eigenvalue weighted by molar-refractivity contribution is 5.94. The summed E-state index contributed by atoms with van der Waals surface area (Å²) in [5.41, 5.74) is 0.668. The molecule has 1 aromatic carbocycles. The number of carbonyl (C=O) groups excluding carboxylic acids is 1. The molecule has 8 nitrogen and oxygen atoms in total. The molecule has 2 saturated heterocycles. The first kappa shape index (κ1) is 17.8. The molecule has 0 aliphatic carbocycles. The van der Waals surface area contributed by atoms with Crippen molar-refractivity contribution in [3.63, 3.8) is 0 Å². The fourth-order valence-corrected chi connectivity index (χ4v) is 3.27. The van der Waals surface area contributed by atoms with E-state index in [1.165, 1.54) is 12.1 Å². The number of piperidine rings is 1. The van der Waals surface area contributed by atoms with Crippen LogP contribution in [0.1, 0.15) is 12.8 Å². The fourth-order valence-electron chi connectivity index (χ4n) is 3.27. The zero-order valence-corrected chi connectivity index (χ0v) is 14.3. The summed E-state index contributed by atoms with van der Waals surface area (Å²) < 4.78 is 11.1. The quantitative estimate of drug-likeness (QED) is 0.593. The highest BCUT2D eigenvalue weighted by Gasteiger charge is 2.31. The van der Waals surface area contributed by atoms with E-state index in [0.29, 0.717) is 31.4 Å². The Bertz CT molecular complexity index is 607. The number of nitrogens with zero attached hydrogens (tertiary/aromatic N) is 3. The van der Waals surface area contributed by atoms with Gasteiger partial charge in [0.15, 0.2) is 6.29 Å². The van der Waals surface area contributed by atoms with Crippen molar-refractivity contribution in [2.75, 3.05) is 44.8 Å². The number of non-ortho nitro benzene ring substituents is 1. The molecule has 8 heteroatoms. The van der Waals surface area contributed by atoms with Gasteiger partial charge in [-0.3, -0.25) is 19.8 Å². The number of carbonyl (C=O) groups is 1. The number of likely N-dealkylation sites (N-methyl/N-ethyl adjacent to an activating group) is 1. The predicted molar refractivity (Wildman–Crippen MR) is 91.4 cm³/mol. The molecule has 0 aromatic heterocycles. The van der Waals surface area contributed by atoms with Crippen LogP contribution < -0.4 is 4.90 Å². The van der Waals surface area contributed by atoms with Crippen molar-refractivity contribution in [2.45, 2.75) is 19.1 Å². The largest absolute Gasteiger partial charge is 0.350 e. The first-order valence-corrected chi connectivity index (χ1v) is 8.51. The van der Waals surface area contributed by atoms with E-state index in [0.717, 1.165) is 25.9 Å². The lowest BCUT2D eigenvalue weighted by Crippen LogP contribution is -2.44. The zero-order valence-electron chi connectivity index (χ0n) is 14.3. The van der Waals surface area contributed by atoms with E-state index in [-0.39, 0.29) is 17.9 Å². The third kappa shape index (κ3) is 4.33.